The van der Waals surface area contributed by atoms with Crippen LogP contribution >= 0.6 is 0 Å². The van der Waals surface area contributed by atoms with Gasteiger partial charge in [-0.2, -0.15) is 4.98 Å². The summed E-state index contributed by atoms with van der Waals surface area (Å²) < 4.78 is 11.7. The van der Waals surface area contributed by atoms with Crippen molar-refractivity contribution in [3.63, 3.8) is 0 Å². The molecule has 6 nitrogen and oxygen atoms in total. The van der Waals surface area contributed by atoms with Gasteiger partial charge in [-0.15, -0.1) is 0 Å². The van der Waals surface area contributed by atoms with Gasteiger partial charge in [0.25, 0.3) is 6.01 Å². The molecule has 3 aromatic carbocycles. The van der Waals surface area contributed by atoms with Crippen molar-refractivity contribution in [1.29, 1.82) is 0 Å². The van der Waals surface area contributed by atoms with Gasteiger partial charge in [-0.05, 0) is 48.7 Å². The van der Waals surface area contributed by atoms with Crippen LogP contribution in [0.3, 0.4) is 0 Å². The monoisotopic (exact) mass is 430 g/mol. The van der Waals surface area contributed by atoms with E-state index in [1.807, 2.05) is 42.5 Å². The van der Waals surface area contributed by atoms with Crippen molar-refractivity contribution in [2.24, 2.45) is 0 Å². The number of rotatable bonds is 9. The third-order valence-corrected chi connectivity index (χ3v) is 5.24. The summed E-state index contributed by atoms with van der Waals surface area (Å²) in [7, 11) is 0. The first-order chi connectivity index (χ1) is 15.5. The Morgan fingerprint density at radius 1 is 1.03 bits per heavy atom. The number of hydrogen-bond acceptors (Lipinski definition) is 5. The Balaban J connectivity index is 1.62. The van der Waals surface area contributed by atoms with E-state index in [2.05, 4.69) is 41.1 Å². The Kier molecular flexibility index (Phi) is 6.40. The molecule has 32 heavy (non-hydrogen) atoms. The Morgan fingerprint density at radius 2 is 1.78 bits per heavy atom. The number of fused-ring (bicyclic) bond motifs is 1. The smallest absolute Gasteiger partial charge is 0.344 e. The number of para-hydroxylation sites is 2. The number of carboxylic acid groups (broad SMARTS) is 1. The Bertz CT molecular complexity index is 1170. The molecule has 0 aliphatic carbocycles. The number of carboxylic acids is 1. The maximum Gasteiger partial charge on any atom is 0.344 e. The van der Waals surface area contributed by atoms with E-state index in [9.17, 15) is 9.90 Å². The third kappa shape index (κ3) is 5.09. The number of hydrogen-bond donors (Lipinski definition) is 1. The van der Waals surface area contributed by atoms with E-state index >= 15 is 0 Å². The van der Waals surface area contributed by atoms with Crippen LogP contribution in [0, 0.1) is 6.92 Å². The molecule has 1 unspecified atom stereocenters. The van der Waals surface area contributed by atoms with Crippen LogP contribution in [-0.2, 0) is 17.9 Å². The van der Waals surface area contributed by atoms with Crippen molar-refractivity contribution in [1.82, 2.24) is 4.98 Å². The molecule has 0 amide bonds. The first kappa shape index (κ1) is 21.4. The Morgan fingerprint density at radius 3 is 2.50 bits per heavy atom. The summed E-state index contributed by atoms with van der Waals surface area (Å²) in [6.07, 6.45) is -0.479. The number of benzene rings is 3. The molecular weight excluding hydrogens is 404 g/mol. The molecule has 4 rings (SSSR count). The average Bonchev–Trinajstić information content (AvgIpc) is 3.23. The second kappa shape index (κ2) is 9.56. The Labute approximate surface area is 187 Å². The summed E-state index contributed by atoms with van der Waals surface area (Å²) in [5.41, 5.74) is 4.86. The summed E-state index contributed by atoms with van der Waals surface area (Å²) in [5.74, 6) is -0.435. The third-order valence-electron chi connectivity index (χ3n) is 5.24. The van der Waals surface area contributed by atoms with Gasteiger partial charge in [-0.3, -0.25) is 0 Å². The molecule has 0 saturated carbocycles. The summed E-state index contributed by atoms with van der Waals surface area (Å²) in [5, 5.41) is 9.30. The SMILES string of the molecule is CCC(Oc1cccc(CN(Cc2ccc(C)cc2)c2nc3ccccc3o2)c1)C(=O)O. The van der Waals surface area contributed by atoms with Crippen molar-refractivity contribution in [2.45, 2.75) is 39.5 Å². The number of aliphatic carboxylic acids is 1. The molecule has 0 fully saturated rings. The van der Waals surface area contributed by atoms with E-state index < -0.39 is 12.1 Å². The van der Waals surface area contributed by atoms with Crippen LogP contribution in [0.2, 0.25) is 0 Å². The molecular formula is C26H26N2O4. The zero-order valence-corrected chi connectivity index (χ0v) is 18.2. The van der Waals surface area contributed by atoms with Crippen molar-refractivity contribution < 1.29 is 19.1 Å². The lowest BCUT2D eigenvalue weighted by molar-refractivity contribution is -0.145. The predicted molar refractivity (Wildman–Crippen MR) is 124 cm³/mol. The first-order valence-electron chi connectivity index (χ1n) is 10.7. The lowest BCUT2D eigenvalue weighted by Gasteiger charge is -2.22. The highest BCUT2D eigenvalue weighted by Crippen LogP contribution is 2.26. The molecule has 0 radical (unpaired) electrons. The number of nitrogens with zero attached hydrogens (tertiary/aromatic N) is 2. The van der Waals surface area contributed by atoms with E-state index in [-0.39, 0.29) is 0 Å². The van der Waals surface area contributed by atoms with Gasteiger partial charge in [0.1, 0.15) is 11.3 Å². The summed E-state index contributed by atoms with van der Waals surface area (Å²) in [6, 6.07) is 24.1. The van der Waals surface area contributed by atoms with Crippen molar-refractivity contribution >= 4 is 23.1 Å². The highest BCUT2D eigenvalue weighted by Gasteiger charge is 2.18. The largest absolute Gasteiger partial charge is 0.479 e. The Hall–Kier alpha value is -3.80. The molecule has 0 aliphatic heterocycles. The highest BCUT2D eigenvalue weighted by atomic mass is 16.5. The van der Waals surface area contributed by atoms with Crippen molar-refractivity contribution in [2.75, 3.05) is 4.90 Å². The minimum Gasteiger partial charge on any atom is -0.479 e. The van der Waals surface area contributed by atoms with Crippen LogP contribution in [0.5, 0.6) is 5.75 Å². The molecule has 1 heterocycles. The molecule has 1 atom stereocenters. The topological polar surface area (TPSA) is 75.8 Å². The normalized spacial score (nSPS) is 11.9. The standard InChI is InChI=1S/C26H26N2O4/c1-3-23(25(29)30)31-21-8-6-7-20(15-21)17-28(16-19-13-11-18(2)12-14-19)26-27-22-9-4-5-10-24(22)32-26/h4-15,23H,3,16-17H2,1-2H3,(H,29,30). The van der Waals surface area contributed by atoms with Gasteiger partial charge >= 0.3 is 5.97 Å². The van der Waals surface area contributed by atoms with E-state index in [1.165, 1.54) is 5.56 Å². The van der Waals surface area contributed by atoms with Crippen LogP contribution in [-0.4, -0.2) is 22.2 Å². The zero-order chi connectivity index (χ0) is 22.5. The first-order valence-corrected chi connectivity index (χ1v) is 10.7. The molecule has 164 valence electrons. The van der Waals surface area contributed by atoms with Crippen molar-refractivity contribution in [3.05, 3.63) is 89.5 Å². The fourth-order valence-electron chi connectivity index (χ4n) is 3.51. The molecule has 1 N–H and O–H groups in total. The zero-order valence-electron chi connectivity index (χ0n) is 18.2. The summed E-state index contributed by atoms with van der Waals surface area (Å²) in [6.45, 7) is 5.00. The second-order valence-corrected chi connectivity index (χ2v) is 7.81. The molecule has 4 aromatic rings. The number of carbonyl (C=O) groups is 1. The predicted octanol–water partition coefficient (Wildman–Crippen LogP) is 5.59. The van der Waals surface area contributed by atoms with Gasteiger partial charge in [-0.1, -0.05) is 61.0 Å². The number of oxazole rings is 1. The summed E-state index contributed by atoms with van der Waals surface area (Å²) in [4.78, 5) is 18.1. The highest BCUT2D eigenvalue weighted by molar-refractivity contribution is 5.74. The van der Waals surface area contributed by atoms with Crippen LogP contribution in [0.15, 0.2) is 77.2 Å². The fourth-order valence-corrected chi connectivity index (χ4v) is 3.51. The van der Waals surface area contributed by atoms with Gasteiger partial charge in [0.05, 0.1) is 0 Å². The van der Waals surface area contributed by atoms with Gasteiger partial charge in [0.15, 0.2) is 11.7 Å². The van der Waals surface area contributed by atoms with E-state index in [0.717, 1.165) is 22.2 Å². The molecule has 0 spiro atoms. The number of ether oxygens (including phenoxy) is 1. The summed E-state index contributed by atoms with van der Waals surface area (Å²) >= 11 is 0. The van der Waals surface area contributed by atoms with Crippen LogP contribution in [0.4, 0.5) is 6.01 Å². The van der Waals surface area contributed by atoms with E-state index in [0.29, 0.717) is 31.3 Å². The number of anilines is 1. The van der Waals surface area contributed by atoms with Crippen LogP contribution in [0.1, 0.15) is 30.0 Å². The molecule has 1 aromatic heterocycles. The van der Waals surface area contributed by atoms with Gasteiger partial charge in [0.2, 0.25) is 0 Å². The molecule has 6 heteroatoms. The minimum atomic E-state index is -0.967. The molecule has 0 saturated heterocycles. The maximum atomic E-state index is 11.3. The van der Waals surface area contributed by atoms with E-state index in [1.54, 1.807) is 13.0 Å². The lowest BCUT2D eigenvalue weighted by atomic mass is 10.1. The molecule has 0 bridgehead atoms. The molecule has 0 aliphatic rings. The lowest BCUT2D eigenvalue weighted by Crippen LogP contribution is -2.26. The number of aromatic nitrogens is 1. The minimum absolute atomic E-state index is 0.391. The fraction of sp³-hybridized carbons (Fsp3) is 0.231. The number of aryl methyl sites for hydroxylation is 1. The van der Waals surface area contributed by atoms with Gasteiger partial charge in [-0.25, -0.2) is 4.79 Å². The van der Waals surface area contributed by atoms with Crippen LogP contribution in [0.25, 0.3) is 11.1 Å². The van der Waals surface area contributed by atoms with Crippen molar-refractivity contribution in [3.8, 4) is 5.75 Å². The maximum absolute atomic E-state index is 11.3. The second-order valence-electron chi connectivity index (χ2n) is 7.81. The quantitative estimate of drug-likeness (QED) is 0.373. The van der Waals surface area contributed by atoms with Gasteiger partial charge < -0.3 is 19.2 Å². The van der Waals surface area contributed by atoms with E-state index in [4.69, 9.17) is 9.15 Å². The van der Waals surface area contributed by atoms with Gasteiger partial charge in [0, 0.05) is 13.1 Å². The van der Waals surface area contributed by atoms with Crippen LogP contribution < -0.4 is 9.64 Å². The average molecular weight is 431 g/mol.